The van der Waals surface area contributed by atoms with Crippen LogP contribution in [0.25, 0.3) is 0 Å². The van der Waals surface area contributed by atoms with Crippen molar-refractivity contribution in [1.82, 2.24) is 4.72 Å². The van der Waals surface area contributed by atoms with Crippen molar-refractivity contribution in [3.8, 4) is 0 Å². The Hall–Kier alpha value is -0.440. The maximum atomic E-state index is 13.4. The summed E-state index contributed by atoms with van der Waals surface area (Å²) in [5.74, 6) is -0.985. The second-order valence-electron chi connectivity index (χ2n) is 3.43. The lowest BCUT2D eigenvalue weighted by Crippen LogP contribution is -2.34. The van der Waals surface area contributed by atoms with Crippen molar-refractivity contribution in [2.24, 2.45) is 0 Å². The average Bonchev–Trinajstić information content (AvgIpc) is 2.37. The molecule has 0 aromatic heterocycles. The first kappa shape index (κ1) is 16.6. The lowest BCUT2D eigenvalue weighted by atomic mass is 10.3. The molecule has 1 aromatic rings. The fraction of sp³-hybridized carbons (Fsp3) is 0.400. The van der Waals surface area contributed by atoms with Gasteiger partial charge < -0.3 is 9.47 Å². The molecule has 1 N–H and O–H groups in total. The van der Waals surface area contributed by atoms with E-state index in [-0.39, 0.29) is 11.6 Å². The van der Waals surface area contributed by atoms with Gasteiger partial charge in [0.25, 0.3) is 0 Å². The highest BCUT2D eigenvalue weighted by Crippen LogP contribution is 2.29. The molecule has 0 saturated carbocycles. The van der Waals surface area contributed by atoms with E-state index in [2.05, 4.69) is 4.72 Å². The molecular weight excluding hydrogens is 320 g/mol. The van der Waals surface area contributed by atoms with Crippen LogP contribution in [0.2, 0.25) is 10.0 Å². The van der Waals surface area contributed by atoms with Gasteiger partial charge in [0.1, 0.15) is 4.90 Å². The highest BCUT2D eigenvalue weighted by Gasteiger charge is 2.22. The molecule has 1 rings (SSSR count). The quantitative estimate of drug-likeness (QED) is 0.639. The minimum Gasteiger partial charge on any atom is -0.355 e. The average molecular weight is 332 g/mol. The van der Waals surface area contributed by atoms with Gasteiger partial charge in [-0.25, -0.2) is 17.5 Å². The molecule has 9 heteroatoms. The second-order valence-corrected chi connectivity index (χ2v) is 5.95. The lowest BCUT2D eigenvalue weighted by Gasteiger charge is -2.15. The Labute approximate surface area is 120 Å². The van der Waals surface area contributed by atoms with Crippen LogP contribution in [0.4, 0.5) is 4.39 Å². The number of methoxy groups -OCH3 is 2. The Morgan fingerprint density at radius 2 is 1.89 bits per heavy atom. The molecule has 0 heterocycles. The predicted molar refractivity (Wildman–Crippen MR) is 69.4 cm³/mol. The molecule has 0 saturated heterocycles. The van der Waals surface area contributed by atoms with Gasteiger partial charge in [-0.15, -0.1) is 0 Å². The molecule has 0 bridgehead atoms. The van der Waals surface area contributed by atoms with Crippen molar-refractivity contribution >= 4 is 33.2 Å². The van der Waals surface area contributed by atoms with E-state index in [0.29, 0.717) is 0 Å². The number of hydrogen-bond acceptors (Lipinski definition) is 4. The van der Waals surface area contributed by atoms with Gasteiger partial charge in [0.2, 0.25) is 10.0 Å². The molecule has 1 aromatic carbocycles. The third-order valence-corrected chi connectivity index (χ3v) is 4.49. The van der Waals surface area contributed by atoms with E-state index in [1.807, 2.05) is 0 Å². The summed E-state index contributed by atoms with van der Waals surface area (Å²) in [7, 11) is -1.27. The number of halogens is 3. The molecule has 0 aliphatic heterocycles. The van der Waals surface area contributed by atoms with Crippen LogP contribution in [0.3, 0.4) is 0 Å². The van der Waals surface area contributed by atoms with E-state index in [1.54, 1.807) is 0 Å². The summed E-state index contributed by atoms with van der Waals surface area (Å²) in [4.78, 5) is -0.401. The van der Waals surface area contributed by atoms with Crippen LogP contribution in [0.5, 0.6) is 0 Å². The normalized spacial score (nSPS) is 12.1. The second kappa shape index (κ2) is 6.83. The Kier molecular flexibility index (Phi) is 5.97. The minimum atomic E-state index is -3.99. The van der Waals surface area contributed by atoms with Crippen LogP contribution < -0.4 is 4.72 Å². The summed E-state index contributed by atoms with van der Waals surface area (Å²) in [6.07, 6.45) is -0.759. The molecular formula is C10H12Cl2FNO4S. The molecule has 19 heavy (non-hydrogen) atoms. The zero-order chi connectivity index (χ0) is 14.6. The highest BCUT2D eigenvalue weighted by molar-refractivity contribution is 7.89. The Bertz CT molecular complexity index is 549. The van der Waals surface area contributed by atoms with Crippen LogP contribution in [-0.2, 0) is 19.5 Å². The first-order valence-electron chi connectivity index (χ1n) is 5.02. The van der Waals surface area contributed by atoms with E-state index in [1.165, 1.54) is 14.2 Å². The van der Waals surface area contributed by atoms with Gasteiger partial charge in [0.15, 0.2) is 12.1 Å². The lowest BCUT2D eigenvalue weighted by molar-refractivity contribution is -0.0960. The van der Waals surface area contributed by atoms with Crippen molar-refractivity contribution in [1.29, 1.82) is 0 Å². The molecule has 0 radical (unpaired) electrons. The topological polar surface area (TPSA) is 64.6 Å². The number of benzene rings is 1. The van der Waals surface area contributed by atoms with Crippen molar-refractivity contribution in [3.05, 3.63) is 28.0 Å². The van der Waals surface area contributed by atoms with Gasteiger partial charge in [0, 0.05) is 14.2 Å². The summed E-state index contributed by atoms with van der Waals surface area (Å²) in [5.41, 5.74) is 0. The van der Waals surface area contributed by atoms with E-state index in [9.17, 15) is 12.8 Å². The summed E-state index contributed by atoms with van der Waals surface area (Å²) < 4.78 is 49.2. The highest BCUT2D eigenvalue weighted by atomic mass is 35.5. The van der Waals surface area contributed by atoms with E-state index < -0.39 is 32.0 Å². The molecule has 0 amide bonds. The first-order valence-corrected chi connectivity index (χ1v) is 7.26. The Morgan fingerprint density at radius 1 is 1.32 bits per heavy atom. The summed E-state index contributed by atoms with van der Waals surface area (Å²) >= 11 is 11.1. The number of rotatable bonds is 6. The van der Waals surface area contributed by atoms with Gasteiger partial charge in [-0.05, 0) is 12.1 Å². The van der Waals surface area contributed by atoms with Crippen molar-refractivity contribution in [3.63, 3.8) is 0 Å². The molecule has 0 unspecified atom stereocenters. The summed E-state index contributed by atoms with van der Waals surface area (Å²) in [5, 5.41) is -0.818. The summed E-state index contributed by atoms with van der Waals surface area (Å²) in [6.45, 7) is -0.143. The fourth-order valence-corrected chi connectivity index (χ4v) is 2.99. The Balaban J connectivity index is 2.98. The Morgan fingerprint density at radius 3 is 2.42 bits per heavy atom. The molecule has 0 aliphatic carbocycles. The SMILES string of the molecule is COC(CNS(=O)(=O)c1ccc(Cl)c(F)c1Cl)OC. The summed E-state index contributed by atoms with van der Waals surface area (Å²) in [6, 6.07) is 2.23. The molecule has 108 valence electrons. The number of hydrogen-bond donors (Lipinski definition) is 1. The monoisotopic (exact) mass is 331 g/mol. The maximum absolute atomic E-state index is 13.4. The minimum absolute atomic E-state index is 0.143. The fourth-order valence-electron chi connectivity index (χ4n) is 1.23. The van der Waals surface area contributed by atoms with Crippen LogP contribution >= 0.6 is 23.2 Å². The van der Waals surface area contributed by atoms with Crippen LogP contribution in [-0.4, -0.2) is 35.5 Å². The zero-order valence-corrected chi connectivity index (χ0v) is 12.4. The number of nitrogens with one attached hydrogen (secondary N) is 1. The van der Waals surface area contributed by atoms with Gasteiger partial charge in [-0.3, -0.25) is 0 Å². The van der Waals surface area contributed by atoms with Gasteiger partial charge >= 0.3 is 0 Å². The predicted octanol–water partition coefficient (Wildman–Crippen LogP) is 2.03. The molecule has 0 fully saturated rings. The van der Waals surface area contributed by atoms with Crippen molar-refractivity contribution in [2.45, 2.75) is 11.2 Å². The largest absolute Gasteiger partial charge is 0.355 e. The molecule has 5 nitrogen and oxygen atoms in total. The van der Waals surface area contributed by atoms with Gasteiger partial charge in [-0.1, -0.05) is 23.2 Å². The van der Waals surface area contributed by atoms with E-state index in [4.69, 9.17) is 32.7 Å². The maximum Gasteiger partial charge on any atom is 0.242 e. The van der Waals surface area contributed by atoms with Crippen molar-refractivity contribution < 1.29 is 22.3 Å². The van der Waals surface area contributed by atoms with Crippen molar-refractivity contribution in [2.75, 3.05) is 20.8 Å². The molecule has 0 aliphatic rings. The van der Waals surface area contributed by atoms with Crippen LogP contribution in [0.15, 0.2) is 17.0 Å². The number of ether oxygens (including phenoxy) is 2. The number of sulfonamides is 1. The first-order chi connectivity index (χ1) is 8.83. The standard InChI is InChI=1S/C10H12Cl2FNO4S/c1-17-8(18-2)5-14-19(15,16)7-4-3-6(11)10(13)9(7)12/h3-4,8,14H,5H2,1-2H3. The smallest absolute Gasteiger partial charge is 0.242 e. The van der Waals surface area contributed by atoms with Crippen LogP contribution in [0.1, 0.15) is 0 Å². The molecule has 0 spiro atoms. The van der Waals surface area contributed by atoms with E-state index in [0.717, 1.165) is 12.1 Å². The van der Waals surface area contributed by atoms with E-state index >= 15 is 0 Å². The molecule has 0 atom stereocenters. The third kappa shape index (κ3) is 4.01. The zero-order valence-electron chi connectivity index (χ0n) is 10.1. The van der Waals surface area contributed by atoms with Gasteiger partial charge in [0.05, 0.1) is 16.6 Å². The van der Waals surface area contributed by atoms with Gasteiger partial charge in [-0.2, -0.15) is 0 Å². The third-order valence-electron chi connectivity index (χ3n) is 2.26. The van der Waals surface area contributed by atoms with Crippen LogP contribution in [0, 0.1) is 5.82 Å².